The van der Waals surface area contributed by atoms with Gasteiger partial charge in [0.2, 0.25) is 0 Å². The lowest BCUT2D eigenvalue weighted by atomic mass is 9.74. The third-order valence-corrected chi connectivity index (χ3v) is 5.78. The molecule has 1 heterocycles. The van der Waals surface area contributed by atoms with Crippen LogP contribution in [0.15, 0.2) is 47.0 Å². The number of nitrogens with zero attached hydrogens (tertiary/aromatic N) is 1. The Morgan fingerprint density at radius 1 is 1.12 bits per heavy atom. The van der Waals surface area contributed by atoms with E-state index >= 15 is 0 Å². The third kappa shape index (κ3) is 5.10. The molecule has 3 rings (SSSR count). The van der Waals surface area contributed by atoms with Crippen molar-refractivity contribution >= 4 is 5.96 Å². The Morgan fingerprint density at radius 3 is 2.62 bits per heavy atom. The largest absolute Gasteiger partial charge is 0.381 e. The summed E-state index contributed by atoms with van der Waals surface area (Å²) in [7, 11) is 1.86. The first-order chi connectivity index (χ1) is 12.8. The molecule has 1 aromatic rings. The molecule has 1 saturated heterocycles. The van der Waals surface area contributed by atoms with Crippen LogP contribution in [0.4, 0.5) is 0 Å². The number of ether oxygens (including phenoxy) is 1. The standard InChI is InChI=1S/C22H33N3O/c1-23-21(24-15-12-19-8-4-2-5-9-19)25-18-22(13-16-26-17-14-22)20-10-6-3-7-11-20/h3,6-8,10-11H,2,4-5,9,12-18H2,1H3,(H2,23,24,25). The molecule has 0 atom stereocenters. The van der Waals surface area contributed by atoms with Crippen LogP contribution in [0.5, 0.6) is 0 Å². The first-order valence-corrected chi connectivity index (χ1v) is 10.1. The van der Waals surface area contributed by atoms with E-state index in [-0.39, 0.29) is 5.41 Å². The second-order valence-corrected chi connectivity index (χ2v) is 7.47. The Hall–Kier alpha value is -1.81. The summed E-state index contributed by atoms with van der Waals surface area (Å²) < 4.78 is 5.63. The highest BCUT2D eigenvalue weighted by Gasteiger charge is 2.34. The number of guanidine groups is 1. The Morgan fingerprint density at radius 2 is 1.92 bits per heavy atom. The molecule has 1 aliphatic carbocycles. The van der Waals surface area contributed by atoms with E-state index in [1.165, 1.54) is 31.2 Å². The molecule has 142 valence electrons. The molecule has 1 aliphatic heterocycles. The zero-order valence-corrected chi connectivity index (χ0v) is 16.1. The molecule has 0 aromatic heterocycles. The molecule has 26 heavy (non-hydrogen) atoms. The highest BCUT2D eigenvalue weighted by molar-refractivity contribution is 5.79. The molecule has 1 aromatic carbocycles. The fourth-order valence-corrected chi connectivity index (χ4v) is 4.07. The lowest BCUT2D eigenvalue weighted by Gasteiger charge is -2.38. The van der Waals surface area contributed by atoms with Crippen LogP contribution in [0, 0.1) is 0 Å². The van der Waals surface area contributed by atoms with Crippen LogP contribution in [-0.4, -0.2) is 39.3 Å². The van der Waals surface area contributed by atoms with Gasteiger partial charge in [-0.15, -0.1) is 0 Å². The van der Waals surface area contributed by atoms with E-state index in [0.717, 1.165) is 51.5 Å². The zero-order valence-electron chi connectivity index (χ0n) is 16.1. The number of nitrogens with one attached hydrogen (secondary N) is 2. The van der Waals surface area contributed by atoms with Crippen LogP contribution in [-0.2, 0) is 10.2 Å². The molecule has 1 fully saturated rings. The van der Waals surface area contributed by atoms with Gasteiger partial charge in [0, 0.05) is 38.8 Å². The monoisotopic (exact) mass is 355 g/mol. The van der Waals surface area contributed by atoms with E-state index in [1.807, 2.05) is 7.05 Å². The molecule has 0 saturated carbocycles. The fourth-order valence-electron chi connectivity index (χ4n) is 4.07. The van der Waals surface area contributed by atoms with E-state index in [1.54, 1.807) is 5.57 Å². The van der Waals surface area contributed by atoms with Crippen molar-refractivity contribution in [2.75, 3.05) is 33.4 Å². The van der Waals surface area contributed by atoms with Gasteiger partial charge in [-0.3, -0.25) is 4.99 Å². The Bertz CT molecular complexity index is 603. The van der Waals surface area contributed by atoms with Crippen LogP contribution < -0.4 is 10.6 Å². The van der Waals surface area contributed by atoms with Gasteiger partial charge >= 0.3 is 0 Å². The molecular weight excluding hydrogens is 322 g/mol. The summed E-state index contributed by atoms with van der Waals surface area (Å²) >= 11 is 0. The average molecular weight is 356 g/mol. The average Bonchev–Trinajstić information content (AvgIpc) is 2.72. The predicted molar refractivity (Wildman–Crippen MR) is 109 cm³/mol. The Labute approximate surface area is 158 Å². The first kappa shape index (κ1) is 19.0. The van der Waals surface area contributed by atoms with E-state index in [2.05, 4.69) is 52.0 Å². The smallest absolute Gasteiger partial charge is 0.191 e. The van der Waals surface area contributed by atoms with Gasteiger partial charge in [0.05, 0.1) is 0 Å². The second-order valence-electron chi connectivity index (χ2n) is 7.47. The fraction of sp³-hybridized carbons (Fsp3) is 0.591. The summed E-state index contributed by atoms with van der Waals surface area (Å²) in [4.78, 5) is 4.42. The molecule has 0 bridgehead atoms. The van der Waals surface area contributed by atoms with E-state index in [4.69, 9.17) is 4.74 Å². The van der Waals surface area contributed by atoms with Crippen LogP contribution in [0.2, 0.25) is 0 Å². The van der Waals surface area contributed by atoms with Gasteiger partial charge in [-0.05, 0) is 50.5 Å². The molecule has 2 N–H and O–H groups in total. The topological polar surface area (TPSA) is 45.7 Å². The maximum absolute atomic E-state index is 5.63. The van der Waals surface area contributed by atoms with Crippen molar-refractivity contribution in [1.82, 2.24) is 10.6 Å². The molecular formula is C22H33N3O. The lowest BCUT2D eigenvalue weighted by molar-refractivity contribution is 0.0514. The van der Waals surface area contributed by atoms with Gasteiger partial charge in [-0.2, -0.15) is 0 Å². The Kier molecular flexibility index (Phi) is 7.13. The number of hydrogen-bond acceptors (Lipinski definition) is 2. The van der Waals surface area contributed by atoms with Crippen molar-refractivity contribution in [3.05, 3.63) is 47.5 Å². The highest BCUT2D eigenvalue weighted by atomic mass is 16.5. The van der Waals surface area contributed by atoms with Crippen LogP contribution in [0.1, 0.15) is 50.5 Å². The molecule has 0 amide bonds. The molecule has 2 aliphatic rings. The number of benzene rings is 1. The Balaban J connectivity index is 1.54. The van der Waals surface area contributed by atoms with Gasteiger partial charge in [-0.1, -0.05) is 42.0 Å². The summed E-state index contributed by atoms with van der Waals surface area (Å²) in [6.07, 6.45) is 10.9. The molecule has 0 radical (unpaired) electrons. The van der Waals surface area contributed by atoms with Crippen LogP contribution in [0.3, 0.4) is 0 Å². The van der Waals surface area contributed by atoms with Crippen molar-refractivity contribution in [2.45, 2.75) is 50.4 Å². The number of rotatable bonds is 6. The predicted octanol–water partition coefficient (Wildman–Crippen LogP) is 3.79. The van der Waals surface area contributed by atoms with E-state index < -0.39 is 0 Å². The number of hydrogen-bond donors (Lipinski definition) is 2. The minimum atomic E-state index is 0.128. The van der Waals surface area contributed by atoms with Gasteiger partial charge in [0.1, 0.15) is 0 Å². The van der Waals surface area contributed by atoms with Gasteiger partial charge in [0.25, 0.3) is 0 Å². The summed E-state index contributed by atoms with van der Waals surface area (Å²) in [6, 6.07) is 10.9. The zero-order chi connectivity index (χ0) is 18.1. The van der Waals surface area contributed by atoms with Crippen LogP contribution in [0.25, 0.3) is 0 Å². The third-order valence-electron chi connectivity index (χ3n) is 5.78. The minimum Gasteiger partial charge on any atom is -0.381 e. The molecule has 4 nitrogen and oxygen atoms in total. The van der Waals surface area contributed by atoms with Crippen molar-refractivity contribution in [1.29, 1.82) is 0 Å². The maximum Gasteiger partial charge on any atom is 0.191 e. The second kappa shape index (κ2) is 9.77. The SMILES string of the molecule is CN=C(NCCC1=CCCCC1)NCC1(c2ccccc2)CCOCC1. The van der Waals surface area contributed by atoms with Crippen molar-refractivity contribution in [3.63, 3.8) is 0 Å². The van der Waals surface area contributed by atoms with Crippen molar-refractivity contribution < 1.29 is 4.74 Å². The summed E-state index contributed by atoms with van der Waals surface area (Å²) in [5.74, 6) is 0.906. The van der Waals surface area contributed by atoms with Crippen molar-refractivity contribution in [2.24, 2.45) is 4.99 Å². The molecule has 0 spiro atoms. The first-order valence-electron chi connectivity index (χ1n) is 10.1. The van der Waals surface area contributed by atoms with Gasteiger partial charge < -0.3 is 15.4 Å². The van der Waals surface area contributed by atoms with E-state index in [9.17, 15) is 0 Å². The maximum atomic E-state index is 5.63. The molecule has 0 unspecified atom stereocenters. The van der Waals surface area contributed by atoms with Crippen LogP contribution >= 0.6 is 0 Å². The normalized spacial score (nSPS) is 20.3. The van der Waals surface area contributed by atoms with Gasteiger partial charge in [0.15, 0.2) is 5.96 Å². The minimum absolute atomic E-state index is 0.128. The van der Waals surface area contributed by atoms with Gasteiger partial charge in [-0.25, -0.2) is 0 Å². The van der Waals surface area contributed by atoms with Crippen molar-refractivity contribution in [3.8, 4) is 0 Å². The number of allylic oxidation sites excluding steroid dienone is 1. The highest BCUT2D eigenvalue weighted by Crippen LogP contribution is 2.34. The summed E-state index contributed by atoms with van der Waals surface area (Å²) in [6.45, 7) is 3.50. The summed E-state index contributed by atoms with van der Waals surface area (Å²) in [5, 5.41) is 7.07. The molecule has 4 heteroatoms. The lowest BCUT2D eigenvalue weighted by Crippen LogP contribution is -2.48. The quantitative estimate of drug-likeness (QED) is 0.464. The summed E-state index contributed by atoms with van der Waals surface area (Å²) in [5.41, 5.74) is 3.13. The van der Waals surface area contributed by atoms with E-state index in [0.29, 0.717) is 0 Å². The number of aliphatic imine (C=N–C) groups is 1.